The van der Waals surface area contributed by atoms with Crippen LogP contribution in [0.25, 0.3) is 0 Å². The zero-order valence-electron chi connectivity index (χ0n) is 10.2. The molecule has 88 valence electrons. The van der Waals surface area contributed by atoms with Gasteiger partial charge in [0, 0.05) is 36.8 Å². The lowest BCUT2D eigenvalue weighted by Crippen LogP contribution is -2.59. The molecule has 0 radical (unpaired) electrons. The van der Waals surface area contributed by atoms with Crippen LogP contribution < -0.4 is 5.32 Å². The lowest BCUT2D eigenvalue weighted by molar-refractivity contribution is -0.136. The van der Waals surface area contributed by atoms with E-state index in [4.69, 9.17) is 0 Å². The zero-order chi connectivity index (χ0) is 11.5. The van der Waals surface area contributed by atoms with Crippen molar-refractivity contribution < 1.29 is 4.79 Å². The molecule has 1 atom stereocenters. The van der Waals surface area contributed by atoms with Crippen LogP contribution in [0.15, 0.2) is 0 Å². The molecule has 1 N–H and O–H groups in total. The van der Waals surface area contributed by atoms with Crippen molar-refractivity contribution in [1.82, 2.24) is 10.2 Å². The van der Waals surface area contributed by atoms with E-state index in [1.54, 1.807) is 11.8 Å². The SMILES string of the molecule is CSCC(C)C(=O)N1CCNC(C)(C)C1. The molecule has 4 heteroatoms. The van der Waals surface area contributed by atoms with E-state index in [0.29, 0.717) is 5.91 Å². The number of amides is 1. The molecule has 1 aliphatic heterocycles. The summed E-state index contributed by atoms with van der Waals surface area (Å²) >= 11 is 1.74. The number of rotatable bonds is 3. The van der Waals surface area contributed by atoms with Crippen LogP contribution in [-0.4, -0.2) is 48.0 Å². The summed E-state index contributed by atoms with van der Waals surface area (Å²) in [7, 11) is 0. The molecule has 1 aliphatic rings. The van der Waals surface area contributed by atoms with Gasteiger partial charge in [0.25, 0.3) is 0 Å². The third kappa shape index (κ3) is 3.68. The fourth-order valence-electron chi connectivity index (χ4n) is 1.96. The maximum atomic E-state index is 12.1. The number of hydrogen-bond donors (Lipinski definition) is 1. The minimum atomic E-state index is 0.0625. The first-order valence-electron chi connectivity index (χ1n) is 5.49. The number of hydrogen-bond acceptors (Lipinski definition) is 3. The highest BCUT2D eigenvalue weighted by molar-refractivity contribution is 7.98. The molecule has 0 aromatic heterocycles. The highest BCUT2D eigenvalue weighted by Crippen LogP contribution is 2.15. The van der Waals surface area contributed by atoms with Gasteiger partial charge in [-0.2, -0.15) is 11.8 Å². The Morgan fingerprint density at radius 1 is 1.60 bits per heavy atom. The second-order valence-corrected chi connectivity index (χ2v) is 5.84. The normalized spacial score (nSPS) is 22.5. The van der Waals surface area contributed by atoms with Crippen LogP contribution in [0.5, 0.6) is 0 Å². The molecule has 1 fully saturated rings. The largest absolute Gasteiger partial charge is 0.339 e. The van der Waals surface area contributed by atoms with E-state index in [1.165, 1.54) is 0 Å². The van der Waals surface area contributed by atoms with Gasteiger partial charge >= 0.3 is 0 Å². The number of thioether (sulfide) groups is 1. The summed E-state index contributed by atoms with van der Waals surface area (Å²) in [4.78, 5) is 14.1. The number of piperazine rings is 1. The van der Waals surface area contributed by atoms with Crippen LogP contribution in [-0.2, 0) is 4.79 Å². The predicted octanol–water partition coefficient (Wildman–Crippen LogP) is 1.20. The van der Waals surface area contributed by atoms with E-state index in [0.717, 1.165) is 25.4 Å². The van der Waals surface area contributed by atoms with Crippen LogP contribution in [0.4, 0.5) is 0 Å². The summed E-state index contributed by atoms with van der Waals surface area (Å²) in [6.07, 6.45) is 2.05. The van der Waals surface area contributed by atoms with Crippen molar-refractivity contribution in [2.75, 3.05) is 31.6 Å². The molecule has 0 saturated carbocycles. The fourth-order valence-corrected chi connectivity index (χ4v) is 2.61. The zero-order valence-corrected chi connectivity index (χ0v) is 11.0. The molecule has 3 nitrogen and oxygen atoms in total. The molecule has 0 bridgehead atoms. The van der Waals surface area contributed by atoms with Crippen LogP contribution in [0, 0.1) is 5.92 Å². The van der Waals surface area contributed by atoms with E-state index < -0.39 is 0 Å². The molecule has 1 rings (SSSR count). The molecule has 0 aromatic carbocycles. The maximum absolute atomic E-state index is 12.1. The van der Waals surface area contributed by atoms with Gasteiger partial charge in [-0.15, -0.1) is 0 Å². The smallest absolute Gasteiger partial charge is 0.226 e. The van der Waals surface area contributed by atoms with Gasteiger partial charge in [-0.25, -0.2) is 0 Å². The standard InChI is InChI=1S/C11H22N2OS/c1-9(7-15-4)10(14)13-6-5-12-11(2,3)8-13/h9,12H,5-8H2,1-4H3. The van der Waals surface area contributed by atoms with Crippen LogP contribution >= 0.6 is 11.8 Å². The van der Waals surface area contributed by atoms with Crippen LogP contribution in [0.1, 0.15) is 20.8 Å². The molecule has 1 unspecified atom stereocenters. The molecular formula is C11H22N2OS. The predicted molar refractivity (Wildman–Crippen MR) is 66.2 cm³/mol. The first-order chi connectivity index (χ1) is 6.96. The quantitative estimate of drug-likeness (QED) is 0.790. The summed E-state index contributed by atoms with van der Waals surface area (Å²) in [6, 6.07) is 0. The Labute approximate surface area is 97.0 Å². The highest BCUT2D eigenvalue weighted by Gasteiger charge is 2.30. The molecular weight excluding hydrogens is 208 g/mol. The van der Waals surface area contributed by atoms with Crippen molar-refractivity contribution >= 4 is 17.7 Å². The summed E-state index contributed by atoms with van der Waals surface area (Å²) in [5.41, 5.74) is 0.0625. The van der Waals surface area contributed by atoms with Gasteiger partial charge in [0.15, 0.2) is 0 Å². The van der Waals surface area contributed by atoms with E-state index in [1.807, 2.05) is 18.1 Å². The molecule has 15 heavy (non-hydrogen) atoms. The van der Waals surface area contributed by atoms with Crippen molar-refractivity contribution in [3.8, 4) is 0 Å². The fraction of sp³-hybridized carbons (Fsp3) is 0.909. The number of nitrogens with one attached hydrogen (secondary N) is 1. The van der Waals surface area contributed by atoms with E-state index >= 15 is 0 Å². The van der Waals surface area contributed by atoms with Gasteiger partial charge in [-0.1, -0.05) is 6.92 Å². The Morgan fingerprint density at radius 2 is 2.27 bits per heavy atom. The molecule has 1 amide bonds. The van der Waals surface area contributed by atoms with Crippen molar-refractivity contribution in [3.63, 3.8) is 0 Å². The summed E-state index contributed by atoms with van der Waals surface area (Å²) < 4.78 is 0. The second-order valence-electron chi connectivity index (χ2n) is 4.93. The maximum Gasteiger partial charge on any atom is 0.226 e. The van der Waals surface area contributed by atoms with Gasteiger partial charge in [0.05, 0.1) is 0 Å². The highest BCUT2D eigenvalue weighted by atomic mass is 32.2. The van der Waals surface area contributed by atoms with Gasteiger partial charge in [0.1, 0.15) is 0 Å². The Morgan fingerprint density at radius 3 is 2.80 bits per heavy atom. The van der Waals surface area contributed by atoms with Gasteiger partial charge in [-0.3, -0.25) is 4.79 Å². The van der Waals surface area contributed by atoms with E-state index in [9.17, 15) is 4.79 Å². The third-order valence-corrected chi connectivity index (χ3v) is 3.55. The monoisotopic (exact) mass is 230 g/mol. The first kappa shape index (κ1) is 12.8. The Hall–Kier alpha value is -0.220. The number of nitrogens with zero attached hydrogens (tertiary/aromatic N) is 1. The van der Waals surface area contributed by atoms with Crippen molar-refractivity contribution in [1.29, 1.82) is 0 Å². The summed E-state index contributed by atoms with van der Waals surface area (Å²) in [5, 5.41) is 3.42. The van der Waals surface area contributed by atoms with Crippen LogP contribution in [0.2, 0.25) is 0 Å². The van der Waals surface area contributed by atoms with Crippen LogP contribution in [0.3, 0.4) is 0 Å². The van der Waals surface area contributed by atoms with Gasteiger partial charge in [-0.05, 0) is 20.1 Å². The second kappa shape index (κ2) is 5.21. The summed E-state index contributed by atoms with van der Waals surface area (Å²) in [6.45, 7) is 8.89. The first-order valence-corrected chi connectivity index (χ1v) is 6.88. The average Bonchev–Trinajstić information content (AvgIpc) is 2.15. The topological polar surface area (TPSA) is 32.3 Å². The minimum Gasteiger partial charge on any atom is -0.339 e. The van der Waals surface area contributed by atoms with Crippen molar-refractivity contribution in [2.45, 2.75) is 26.3 Å². The minimum absolute atomic E-state index is 0.0625. The molecule has 0 spiro atoms. The summed E-state index contributed by atoms with van der Waals surface area (Å²) in [5.74, 6) is 1.37. The molecule has 1 saturated heterocycles. The Bertz CT molecular complexity index is 231. The lowest BCUT2D eigenvalue weighted by Gasteiger charge is -2.40. The van der Waals surface area contributed by atoms with E-state index in [-0.39, 0.29) is 11.5 Å². The average molecular weight is 230 g/mol. The van der Waals surface area contributed by atoms with Gasteiger partial charge in [0.2, 0.25) is 5.91 Å². The van der Waals surface area contributed by atoms with Crippen molar-refractivity contribution in [2.24, 2.45) is 5.92 Å². The number of carbonyl (C=O) groups excluding carboxylic acids is 1. The lowest BCUT2D eigenvalue weighted by atomic mass is 10.0. The van der Waals surface area contributed by atoms with Gasteiger partial charge < -0.3 is 10.2 Å². The Kier molecular flexibility index (Phi) is 4.46. The Balaban J connectivity index is 2.52. The molecule has 1 heterocycles. The number of carbonyl (C=O) groups is 1. The molecule has 0 aliphatic carbocycles. The van der Waals surface area contributed by atoms with E-state index in [2.05, 4.69) is 19.2 Å². The molecule has 0 aromatic rings. The van der Waals surface area contributed by atoms with Crippen molar-refractivity contribution in [3.05, 3.63) is 0 Å². The third-order valence-electron chi connectivity index (χ3n) is 2.72.